The molecule has 0 bridgehead atoms. The Morgan fingerprint density at radius 1 is 0.250 bits per heavy atom. The molecule has 0 N–H and O–H groups in total. The zero-order chi connectivity index (χ0) is 29.0. The molecule has 0 saturated carbocycles. The fourth-order valence-electron chi connectivity index (χ4n) is 6.87. The Morgan fingerprint density at radius 2 is 0.682 bits per heavy atom. The largest absolute Gasteiger partial charge is 0.309 e. The second-order valence-electron chi connectivity index (χ2n) is 11.4. The Morgan fingerprint density at radius 3 is 1.30 bits per heavy atom. The molecule has 44 heavy (non-hydrogen) atoms. The minimum atomic E-state index is 1.16. The van der Waals surface area contributed by atoms with E-state index in [1.807, 2.05) is 0 Å². The van der Waals surface area contributed by atoms with E-state index in [1.54, 1.807) is 0 Å². The molecular weight excluding hydrogens is 532 g/mol. The maximum absolute atomic E-state index is 2.43. The SMILES string of the molecule is c1ccc(-c2ccc(-c3cccc(-n4c5ccccc5c5cc6c(cc54)c4ccccc4n6-c4ccccc4)c3)cc2)cc1. The lowest BCUT2D eigenvalue weighted by atomic mass is 10.00. The first-order chi connectivity index (χ1) is 21.8. The van der Waals surface area contributed by atoms with Gasteiger partial charge in [-0.25, -0.2) is 0 Å². The van der Waals surface area contributed by atoms with Gasteiger partial charge >= 0.3 is 0 Å². The molecule has 9 aromatic rings. The zero-order valence-electron chi connectivity index (χ0n) is 24.1. The van der Waals surface area contributed by atoms with E-state index in [2.05, 4.69) is 179 Å². The minimum Gasteiger partial charge on any atom is -0.309 e. The van der Waals surface area contributed by atoms with E-state index in [1.165, 1.54) is 71.6 Å². The standard InChI is InChI=1S/C42H28N2/c1-3-12-29(13-4-1)30-22-24-31(25-23-30)32-14-11-17-34(26-32)44-40-21-10-8-19-36(40)38-27-41-37(28-42(38)44)35-18-7-9-20-39(35)43(41)33-15-5-2-6-16-33/h1-28H. The zero-order valence-corrected chi connectivity index (χ0v) is 24.1. The first-order valence-corrected chi connectivity index (χ1v) is 15.1. The Kier molecular flexibility index (Phi) is 5.54. The first kappa shape index (κ1) is 24.7. The normalized spacial score (nSPS) is 11.6. The van der Waals surface area contributed by atoms with Crippen molar-refractivity contribution in [2.45, 2.75) is 0 Å². The van der Waals surface area contributed by atoms with Crippen molar-refractivity contribution in [1.82, 2.24) is 9.13 Å². The van der Waals surface area contributed by atoms with Gasteiger partial charge in [0.2, 0.25) is 0 Å². The van der Waals surface area contributed by atoms with Crippen molar-refractivity contribution in [3.05, 3.63) is 170 Å². The summed E-state index contributed by atoms with van der Waals surface area (Å²) in [4.78, 5) is 0. The van der Waals surface area contributed by atoms with Crippen LogP contribution in [0.15, 0.2) is 170 Å². The third-order valence-electron chi connectivity index (χ3n) is 8.91. The van der Waals surface area contributed by atoms with Crippen molar-refractivity contribution in [2.24, 2.45) is 0 Å². The predicted octanol–water partition coefficient (Wildman–Crippen LogP) is 11.2. The summed E-state index contributed by atoms with van der Waals surface area (Å²) in [5.74, 6) is 0. The summed E-state index contributed by atoms with van der Waals surface area (Å²) < 4.78 is 4.83. The monoisotopic (exact) mass is 560 g/mol. The summed E-state index contributed by atoms with van der Waals surface area (Å²) in [5, 5.41) is 5.03. The van der Waals surface area contributed by atoms with Gasteiger partial charge in [-0.15, -0.1) is 0 Å². The number of benzene rings is 7. The predicted molar refractivity (Wildman–Crippen MR) is 186 cm³/mol. The molecule has 0 unspecified atom stereocenters. The van der Waals surface area contributed by atoms with Gasteiger partial charge in [-0.05, 0) is 70.8 Å². The number of aromatic nitrogens is 2. The van der Waals surface area contributed by atoms with E-state index in [4.69, 9.17) is 0 Å². The van der Waals surface area contributed by atoms with Gasteiger partial charge in [0.15, 0.2) is 0 Å². The van der Waals surface area contributed by atoms with E-state index in [-0.39, 0.29) is 0 Å². The Labute approximate surface area is 255 Å². The summed E-state index contributed by atoms with van der Waals surface area (Å²) in [6, 6.07) is 61.4. The highest BCUT2D eigenvalue weighted by Gasteiger charge is 2.18. The van der Waals surface area contributed by atoms with Crippen LogP contribution in [0.2, 0.25) is 0 Å². The van der Waals surface area contributed by atoms with E-state index in [0.29, 0.717) is 0 Å². The lowest BCUT2D eigenvalue weighted by molar-refractivity contribution is 1.17. The van der Waals surface area contributed by atoms with E-state index < -0.39 is 0 Å². The first-order valence-electron chi connectivity index (χ1n) is 15.1. The van der Waals surface area contributed by atoms with Crippen LogP contribution in [0.5, 0.6) is 0 Å². The highest BCUT2D eigenvalue weighted by Crippen LogP contribution is 2.40. The number of para-hydroxylation sites is 3. The lowest BCUT2D eigenvalue weighted by Gasteiger charge is -2.11. The van der Waals surface area contributed by atoms with E-state index >= 15 is 0 Å². The molecule has 2 heterocycles. The molecule has 0 fully saturated rings. The fraction of sp³-hybridized carbons (Fsp3) is 0. The van der Waals surface area contributed by atoms with Gasteiger partial charge in [0, 0.05) is 32.9 Å². The van der Waals surface area contributed by atoms with Crippen molar-refractivity contribution < 1.29 is 0 Å². The van der Waals surface area contributed by atoms with Crippen LogP contribution >= 0.6 is 0 Å². The molecule has 9 rings (SSSR count). The average molecular weight is 561 g/mol. The summed E-state index contributed by atoms with van der Waals surface area (Å²) in [6.45, 7) is 0. The Bertz CT molecular complexity index is 2460. The van der Waals surface area contributed by atoms with Crippen molar-refractivity contribution in [3.8, 4) is 33.6 Å². The number of rotatable bonds is 4. The molecule has 2 nitrogen and oxygen atoms in total. The van der Waals surface area contributed by atoms with Crippen LogP contribution in [0.3, 0.4) is 0 Å². The maximum Gasteiger partial charge on any atom is 0.0548 e. The van der Waals surface area contributed by atoms with Gasteiger partial charge in [-0.3, -0.25) is 0 Å². The third kappa shape index (κ3) is 3.82. The van der Waals surface area contributed by atoms with Crippen LogP contribution in [0.1, 0.15) is 0 Å². The fourth-order valence-corrected chi connectivity index (χ4v) is 6.87. The van der Waals surface area contributed by atoms with Gasteiger partial charge in [0.05, 0.1) is 22.1 Å². The second-order valence-corrected chi connectivity index (χ2v) is 11.4. The van der Waals surface area contributed by atoms with Gasteiger partial charge < -0.3 is 9.13 Å². The summed E-state index contributed by atoms with van der Waals surface area (Å²) in [7, 11) is 0. The van der Waals surface area contributed by atoms with Crippen LogP contribution in [0, 0.1) is 0 Å². The summed E-state index contributed by atoms with van der Waals surface area (Å²) in [5.41, 5.74) is 12.1. The molecule has 0 aliphatic carbocycles. The smallest absolute Gasteiger partial charge is 0.0548 e. The topological polar surface area (TPSA) is 9.86 Å². The third-order valence-corrected chi connectivity index (χ3v) is 8.91. The highest BCUT2D eigenvalue weighted by molar-refractivity contribution is 6.19. The van der Waals surface area contributed by atoms with Crippen molar-refractivity contribution >= 4 is 43.6 Å². The number of nitrogens with zero attached hydrogens (tertiary/aromatic N) is 2. The molecular formula is C42H28N2. The molecule has 2 aromatic heterocycles. The van der Waals surface area contributed by atoms with Gasteiger partial charge in [-0.1, -0.05) is 121 Å². The van der Waals surface area contributed by atoms with Gasteiger partial charge in [0.1, 0.15) is 0 Å². The number of hydrogen-bond donors (Lipinski definition) is 0. The number of hydrogen-bond acceptors (Lipinski definition) is 0. The van der Waals surface area contributed by atoms with E-state index in [9.17, 15) is 0 Å². The Hall–Kier alpha value is -5.86. The van der Waals surface area contributed by atoms with Crippen LogP contribution in [-0.2, 0) is 0 Å². The van der Waals surface area contributed by atoms with Crippen LogP contribution < -0.4 is 0 Å². The molecule has 0 aliphatic heterocycles. The van der Waals surface area contributed by atoms with Crippen LogP contribution in [0.25, 0.3) is 77.2 Å². The molecule has 206 valence electrons. The molecule has 7 aromatic carbocycles. The van der Waals surface area contributed by atoms with E-state index in [0.717, 1.165) is 5.69 Å². The van der Waals surface area contributed by atoms with Gasteiger partial charge in [0.25, 0.3) is 0 Å². The van der Waals surface area contributed by atoms with Crippen LogP contribution in [-0.4, -0.2) is 9.13 Å². The molecule has 0 spiro atoms. The van der Waals surface area contributed by atoms with Crippen molar-refractivity contribution in [3.63, 3.8) is 0 Å². The van der Waals surface area contributed by atoms with Crippen molar-refractivity contribution in [2.75, 3.05) is 0 Å². The molecule has 2 heteroatoms. The van der Waals surface area contributed by atoms with Crippen LogP contribution in [0.4, 0.5) is 0 Å². The highest BCUT2D eigenvalue weighted by atomic mass is 15.0. The summed E-state index contributed by atoms with van der Waals surface area (Å²) in [6.07, 6.45) is 0. The Balaban J connectivity index is 1.27. The van der Waals surface area contributed by atoms with Crippen molar-refractivity contribution in [1.29, 1.82) is 0 Å². The molecule has 0 atom stereocenters. The average Bonchev–Trinajstić information content (AvgIpc) is 3.60. The minimum absolute atomic E-state index is 1.16. The number of fused-ring (bicyclic) bond motifs is 6. The maximum atomic E-state index is 2.43. The lowest BCUT2D eigenvalue weighted by Crippen LogP contribution is -1.95. The summed E-state index contributed by atoms with van der Waals surface area (Å²) >= 11 is 0. The molecule has 0 saturated heterocycles. The molecule has 0 radical (unpaired) electrons. The molecule has 0 amide bonds. The van der Waals surface area contributed by atoms with Gasteiger partial charge in [-0.2, -0.15) is 0 Å². The molecule has 0 aliphatic rings. The second kappa shape index (κ2) is 9.86. The quantitative estimate of drug-likeness (QED) is 0.203.